The average molecular weight is 406 g/mol. The van der Waals surface area contributed by atoms with Gasteiger partial charge in [-0.1, -0.05) is 62.4 Å². The third kappa shape index (κ3) is 5.50. The highest BCUT2D eigenvalue weighted by atomic mass is 16.2. The molecule has 2 amide bonds. The van der Waals surface area contributed by atoms with E-state index < -0.39 is 5.91 Å². The fraction of sp³-hybridized carbons (Fsp3) is 0.318. The summed E-state index contributed by atoms with van der Waals surface area (Å²) in [4.78, 5) is 25.5. The molecule has 156 valence electrons. The van der Waals surface area contributed by atoms with Crippen LogP contribution in [-0.4, -0.2) is 43.9 Å². The van der Waals surface area contributed by atoms with Crippen LogP contribution in [0.3, 0.4) is 0 Å². The summed E-state index contributed by atoms with van der Waals surface area (Å²) in [6.07, 6.45) is 1.18. The molecule has 0 aliphatic rings. The first kappa shape index (κ1) is 21.2. The van der Waals surface area contributed by atoms with Crippen molar-refractivity contribution in [3.05, 3.63) is 54.1 Å². The molecule has 0 fully saturated rings. The Bertz CT molecular complexity index is 983. The lowest BCUT2D eigenvalue weighted by atomic mass is 9.98. The topological polar surface area (TPSA) is 118 Å². The number of hydrogen-bond donors (Lipinski definition) is 2. The minimum Gasteiger partial charge on any atom is -0.368 e. The maximum atomic E-state index is 12.5. The average Bonchev–Trinajstić information content (AvgIpc) is 3.26. The van der Waals surface area contributed by atoms with E-state index in [0.29, 0.717) is 24.7 Å². The quantitative estimate of drug-likeness (QED) is 0.566. The number of primary amides is 1. The standard InChI is InChI=1S/C22H26N6O2/c1-15(2)7-12-21(30)28(14-20(23)29)13-16-8-10-17(11-9-16)18-5-3-4-6-19(18)22-24-26-27-25-22/h3-6,8-11,15H,7,12-14H2,1-2H3,(H2,23,29)(H,24,25,26,27). The van der Waals surface area contributed by atoms with E-state index in [1.807, 2.05) is 48.5 Å². The van der Waals surface area contributed by atoms with Gasteiger partial charge in [-0.25, -0.2) is 5.10 Å². The molecular weight excluding hydrogens is 380 g/mol. The number of nitrogens with one attached hydrogen (secondary N) is 1. The SMILES string of the molecule is CC(C)CCC(=O)N(CC(N)=O)Cc1ccc(-c2ccccc2-c2nnn[nH]2)cc1. The zero-order chi connectivity index (χ0) is 21.5. The lowest BCUT2D eigenvalue weighted by Gasteiger charge is -2.22. The van der Waals surface area contributed by atoms with Gasteiger partial charge in [-0.15, -0.1) is 5.10 Å². The summed E-state index contributed by atoms with van der Waals surface area (Å²) >= 11 is 0. The van der Waals surface area contributed by atoms with Crippen LogP contribution in [0.25, 0.3) is 22.5 Å². The molecule has 2 aromatic carbocycles. The number of carbonyl (C=O) groups excluding carboxylic acids is 2. The number of nitrogens with two attached hydrogens (primary N) is 1. The van der Waals surface area contributed by atoms with Gasteiger partial charge in [0.2, 0.25) is 11.8 Å². The van der Waals surface area contributed by atoms with Gasteiger partial charge in [-0.2, -0.15) is 0 Å². The number of aromatic nitrogens is 4. The van der Waals surface area contributed by atoms with E-state index in [-0.39, 0.29) is 12.5 Å². The molecule has 3 N–H and O–H groups in total. The summed E-state index contributed by atoms with van der Waals surface area (Å²) in [5, 5.41) is 14.1. The molecular formula is C22H26N6O2. The normalized spacial score (nSPS) is 10.9. The second-order valence-corrected chi connectivity index (χ2v) is 7.64. The van der Waals surface area contributed by atoms with Crippen LogP contribution in [0.4, 0.5) is 0 Å². The Labute approximate surface area is 175 Å². The zero-order valence-corrected chi connectivity index (χ0v) is 17.2. The molecule has 0 atom stereocenters. The summed E-state index contributed by atoms with van der Waals surface area (Å²) in [6.45, 7) is 4.39. The number of amides is 2. The Morgan fingerprint density at radius 3 is 2.37 bits per heavy atom. The lowest BCUT2D eigenvalue weighted by molar-refractivity contribution is -0.136. The highest BCUT2D eigenvalue weighted by Crippen LogP contribution is 2.29. The molecule has 1 heterocycles. The van der Waals surface area contributed by atoms with Gasteiger partial charge in [-0.05, 0) is 39.5 Å². The van der Waals surface area contributed by atoms with Gasteiger partial charge in [0.1, 0.15) is 0 Å². The van der Waals surface area contributed by atoms with Crippen molar-refractivity contribution < 1.29 is 9.59 Å². The second kappa shape index (κ2) is 9.78. The Hall–Kier alpha value is -3.55. The Morgan fingerprint density at radius 1 is 1.07 bits per heavy atom. The van der Waals surface area contributed by atoms with E-state index in [1.54, 1.807) is 0 Å². The van der Waals surface area contributed by atoms with Crippen LogP contribution < -0.4 is 5.73 Å². The number of hydrogen-bond acceptors (Lipinski definition) is 5. The minimum absolute atomic E-state index is 0.0604. The van der Waals surface area contributed by atoms with E-state index in [9.17, 15) is 9.59 Å². The number of tetrazole rings is 1. The third-order valence-corrected chi connectivity index (χ3v) is 4.80. The summed E-state index contributed by atoms with van der Waals surface area (Å²) < 4.78 is 0. The molecule has 0 bridgehead atoms. The smallest absolute Gasteiger partial charge is 0.237 e. The number of H-pyrrole nitrogens is 1. The molecule has 0 saturated heterocycles. The lowest BCUT2D eigenvalue weighted by Crippen LogP contribution is -2.38. The van der Waals surface area contributed by atoms with Crippen molar-refractivity contribution in [3.63, 3.8) is 0 Å². The number of benzene rings is 2. The van der Waals surface area contributed by atoms with Gasteiger partial charge in [0.25, 0.3) is 0 Å². The molecule has 3 rings (SSSR count). The van der Waals surface area contributed by atoms with E-state index in [2.05, 4.69) is 34.5 Å². The fourth-order valence-corrected chi connectivity index (χ4v) is 3.22. The number of aromatic amines is 1. The molecule has 0 radical (unpaired) electrons. The fourth-order valence-electron chi connectivity index (χ4n) is 3.22. The van der Waals surface area contributed by atoms with Crippen molar-refractivity contribution in [1.82, 2.24) is 25.5 Å². The Balaban J connectivity index is 1.78. The Morgan fingerprint density at radius 2 is 1.77 bits per heavy atom. The number of rotatable bonds is 9. The van der Waals surface area contributed by atoms with Gasteiger partial charge in [-0.3, -0.25) is 9.59 Å². The van der Waals surface area contributed by atoms with Crippen LogP contribution in [0.1, 0.15) is 32.3 Å². The highest BCUT2D eigenvalue weighted by molar-refractivity contribution is 5.84. The molecule has 30 heavy (non-hydrogen) atoms. The van der Waals surface area contributed by atoms with Gasteiger partial charge in [0, 0.05) is 18.5 Å². The largest absolute Gasteiger partial charge is 0.368 e. The van der Waals surface area contributed by atoms with Gasteiger partial charge < -0.3 is 10.6 Å². The number of carbonyl (C=O) groups is 2. The predicted molar refractivity (Wildman–Crippen MR) is 114 cm³/mol. The second-order valence-electron chi connectivity index (χ2n) is 7.64. The van der Waals surface area contributed by atoms with E-state index in [4.69, 9.17) is 5.73 Å². The molecule has 3 aromatic rings. The predicted octanol–water partition coefficient (Wildman–Crippen LogP) is 2.78. The van der Waals surface area contributed by atoms with E-state index in [0.717, 1.165) is 28.7 Å². The first-order chi connectivity index (χ1) is 14.4. The van der Waals surface area contributed by atoms with E-state index >= 15 is 0 Å². The van der Waals surface area contributed by atoms with Gasteiger partial charge in [0.05, 0.1) is 6.54 Å². The van der Waals surface area contributed by atoms with Crippen molar-refractivity contribution in [3.8, 4) is 22.5 Å². The molecule has 0 spiro atoms. The first-order valence-electron chi connectivity index (χ1n) is 9.92. The molecule has 0 saturated carbocycles. The Kier molecular flexibility index (Phi) is 6.90. The maximum absolute atomic E-state index is 12.5. The van der Waals surface area contributed by atoms with Crippen LogP contribution >= 0.6 is 0 Å². The molecule has 0 aliphatic carbocycles. The van der Waals surface area contributed by atoms with Crippen LogP contribution in [0.5, 0.6) is 0 Å². The molecule has 1 aromatic heterocycles. The zero-order valence-electron chi connectivity index (χ0n) is 17.2. The van der Waals surface area contributed by atoms with Crippen LogP contribution in [-0.2, 0) is 16.1 Å². The highest BCUT2D eigenvalue weighted by Gasteiger charge is 2.17. The van der Waals surface area contributed by atoms with Crippen molar-refractivity contribution in [1.29, 1.82) is 0 Å². The van der Waals surface area contributed by atoms with Crippen molar-refractivity contribution in [2.75, 3.05) is 6.54 Å². The third-order valence-electron chi connectivity index (χ3n) is 4.80. The maximum Gasteiger partial charge on any atom is 0.237 e. The molecule has 8 heteroatoms. The summed E-state index contributed by atoms with van der Waals surface area (Å²) in [6, 6.07) is 15.7. The van der Waals surface area contributed by atoms with Gasteiger partial charge >= 0.3 is 0 Å². The number of nitrogens with zero attached hydrogens (tertiary/aromatic N) is 4. The molecule has 0 aliphatic heterocycles. The molecule has 8 nitrogen and oxygen atoms in total. The van der Waals surface area contributed by atoms with Crippen LogP contribution in [0.2, 0.25) is 0 Å². The molecule has 0 unspecified atom stereocenters. The van der Waals surface area contributed by atoms with Crippen LogP contribution in [0.15, 0.2) is 48.5 Å². The monoisotopic (exact) mass is 406 g/mol. The van der Waals surface area contributed by atoms with Gasteiger partial charge in [0.15, 0.2) is 5.82 Å². The van der Waals surface area contributed by atoms with E-state index in [1.165, 1.54) is 4.90 Å². The summed E-state index contributed by atoms with van der Waals surface area (Å²) in [7, 11) is 0. The first-order valence-corrected chi connectivity index (χ1v) is 9.92. The van der Waals surface area contributed by atoms with Crippen LogP contribution in [0, 0.1) is 5.92 Å². The summed E-state index contributed by atoms with van der Waals surface area (Å²) in [5.41, 5.74) is 9.17. The van der Waals surface area contributed by atoms with Crippen molar-refractivity contribution in [2.24, 2.45) is 11.7 Å². The summed E-state index contributed by atoms with van der Waals surface area (Å²) in [5.74, 6) is 0.440. The van der Waals surface area contributed by atoms with Crippen molar-refractivity contribution in [2.45, 2.75) is 33.2 Å². The minimum atomic E-state index is -0.515. The van der Waals surface area contributed by atoms with Crippen molar-refractivity contribution >= 4 is 11.8 Å².